The van der Waals surface area contributed by atoms with Gasteiger partial charge in [-0.2, -0.15) is 15.1 Å². The number of hydrogen-bond acceptors (Lipinski definition) is 10. The molecule has 4 atom stereocenters. The second-order valence-corrected chi connectivity index (χ2v) is 7.58. The lowest BCUT2D eigenvalue weighted by Crippen LogP contribution is -2.33. The molecule has 4 aromatic rings. The van der Waals surface area contributed by atoms with Gasteiger partial charge in [0, 0.05) is 18.8 Å². The molecule has 0 bridgehead atoms. The van der Waals surface area contributed by atoms with Gasteiger partial charge in [-0.05, 0) is 17.7 Å². The van der Waals surface area contributed by atoms with E-state index in [0.29, 0.717) is 17.0 Å². The predicted octanol–water partition coefficient (Wildman–Crippen LogP) is 0.341. The number of imidazole rings is 1. The number of aromatic nitrogens is 6. The third-order valence-corrected chi connectivity index (χ3v) is 5.65. The number of fused-ring (bicyclic) bond motifs is 1. The second kappa shape index (κ2) is 8.41. The quantitative estimate of drug-likeness (QED) is 0.321. The van der Waals surface area contributed by atoms with Crippen molar-refractivity contribution in [1.29, 1.82) is 0 Å². The average molecular weight is 453 g/mol. The maximum Gasteiger partial charge on any atom is 0.254 e. The van der Waals surface area contributed by atoms with Crippen LogP contribution in [0, 0.1) is 0 Å². The van der Waals surface area contributed by atoms with E-state index in [9.17, 15) is 15.3 Å². The maximum atomic E-state index is 10.4. The number of aliphatic hydroxyl groups excluding tert-OH is 3. The van der Waals surface area contributed by atoms with E-state index in [1.807, 2.05) is 24.3 Å². The summed E-state index contributed by atoms with van der Waals surface area (Å²) in [5.41, 5.74) is 2.65. The van der Waals surface area contributed by atoms with Crippen LogP contribution in [0.1, 0.15) is 6.23 Å². The van der Waals surface area contributed by atoms with Gasteiger partial charge in [0.1, 0.15) is 24.1 Å². The molecule has 0 spiro atoms. The summed E-state index contributed by atoms with van der Waals surface area (Å²) in [7, 11) is 3.33. The van der Waals surface area contributed by atoms with E-state index in [1.54, 1.807) is 26.6 Å². The van der Waals surface area contributed by atoms with Crippen LogP contribution in [0.5, 0.6) is 5.75 Å². The molecule has 33 heavy (non-hydrogen) atoms. The first kappa shape index (κ1) is 21.3. The third kappa shape index (κ3) is 3.58. The summed E-state index contributed by atoms with van der Waals surface area (Å²) in [4.78, 5) is 13.5. The van der Waals surface area contributed by atoms with Gasteiger partial charge in [0.15, 0.2) is 23.2 Å². The van der Waals surface area contributed by atoms with Crippen molar-refractivity contribution in [3.63, 3.8) is 0 Å². The molecule has 4 N–H and O–H groups in total. The maximum absolute atomic E-state index is 10.4. The van der Waals surface area contributed by atoms with Crippen LogP contribution in [0.4, 0.5) is 5.82 Å². The number of anilines is 1. The Balaban J connectivity index is 1.55. The van der Waals surface area contributed by atoms with Crippen LogP contribution in [0.25, 0.3) is 28.2 Å². The number of aliphatic hydroxyl groups is 3. The molecule has 1 saturated heterocycles. The summed E-state index contributed by atoms with van der Waals surface area (Å²) < 4.78 is 13.9. The zero-order valence-corrected chi connectivity index (χ0v) is 17.9. The Kier molecular flexibility index (Phi) is 5.42. The van der Waals surface area contributed by atoms with Gasteiger partial charge < -0.3 is 30.1 Å². The molecule has 4 heterocycles. The minimum atomic E-state index is -1.26. The van der Waals surface area contributed by atoms with E-state index < -0.39 is 31.1 Å². The van der Waals surface area contributed by atoms with Crippen molar-refractivity contribution in [2.24, 2.45) is 0 Å². The summed E-state index contributed by atoms with van der Waals surface area (Å²) in [5.74, 6) is 1.50. The fraction of sp³-hybridized carbons (Fsp3) is 0.333. The van der Waals surface area contributed by atoms with Crippen LogP contribution < -0.4 is 10.1 Å². The lowest BCUT2D eigenvalue weighted by molar-refractivity contribution is -0.0511. The molecule has 0 radical (unpaired) electrons. The molecule has 1 aromatic carbocycles. The van der Waals surface area contributed by atoms with Gasteiger partial charge in [-0.1, -0.05) is 12.1 Å². The molecule has 0 aliphatic carbocycles. The van der Waals surface area contributed by atoms with Gasteiger partial charge in [0.2, 0.25) is 0 Å². The predicted molar refractivity (Wildman–Crippen MR) is 117 cm³/mol. The van der Waals surface area contributed by atoms with Crippen molar-refractivity contribution in [2.75, 3.05) is 26.1 Å². The molecule has 0 saturated carbocycles. The second-order valence-electron chi connectivity index (χ2n) is 7.58. The zero-order chi connectivity index (χ0) is 23.1. The van der Waals surface area contributed by atoms with Crippen molar-refractivity contribution < 1.29 is 24.8 Å². The Labute approximate surface area is 188 Å². The van der Waals surface area contributed by atoms with Gasteiger partial charge in [-0.15, -0.1) is 0 Å². The zero-order valence-electron chi connectivity index (χ0n) is 17.9. The summed E-state index contributed by atoms with van der Waals surface area (Å²) in [6.07, 6.45) is 0.583. The van der Waals surface area contributed by atoms with Crippen LogP contribution >= 0.6 is 0 Å². The molecular formula is C21H23N7O5. The van der Waals surface area contributed by atoms with E-state index in [1.165, 1.54) is 15.6 Å². The lowest BCUT2D eigenvalue weighted by atomic mass is 10.1. The van der Waals surface area contributed by atoms with Crippen LogP contribution in [-0.4, -0.2) is 83.7 Å². The van der Waals surface area contributed by atoms with Crippen LogP contribution in [0.3, 0.4) is 0 Å². The van der Waals surface area contributed by atoms with Gasteiger partial charge >= 0.3 is 0 Å². The SMILES string of the molecule is CNc1nc(-n2cc(-c3ccc(OC)cc3)cn2)nc2c1ncn2[C@@H]1O[C@H](CO)[C@@H](O)[C@H]1O. The number of methoxy groups -OCH3 is 1. The topological polar surface area (TPSA) is 153 Å². The molecule has 0 amide bonds. The number of nitrogens with one attached hydrogen (secondary N) is 1. The molecule has 1 fully saturated rings. The van der Waals surface area contributed by atoms with Crippen LogP contribution in [0.15, 0.2) is 43.0 Å². The summed E-state index contributed by atoms with van der Waals surface area (Å²) >= 11 is 0. The van der Waals surface area contributed by atoms with Crippen molar-refractivity contribution in [3.8, 4) is 22.8 Å². The Morgan fingerprint density at radius 3 is 2.58 bits per heavy atom. The number of hydrogen-bond donors (Lipinski definition) is 4. The van der Waals surface area contributed by atoms with Crippen LogP contribution in [-0.2, 0) is 4.74 Å². The highest BCUT2D eigenvalue weighted by molar-refractivity contribution is 5.83. The fourth-order valence-electron chi connectivity index (χ4n) is 3.84. The Morgan fingerprint density at radius 1 is 1.12 bits per heavy atom. The number of rotatable bonds is 6. The molecule has 0 unspecified atom stereocenters. The first-order valence-electron chi connectivity index (χ1n) is 10.3. The monoisotopic (exact) mass is 453 g/mol. The molecule has 172 valence electrons. The van der Waals surface area contributed by atoms with Crippen LogP contribution in [0.2, 0.25) is 0 Å². The number of ether oxygens (including phenoxy) is 2. The van der Waals surface area contributed by atoms with Crippen molar-refractivity contribution in [2.45, 2.75) is 24.5 Å². The van der Waals surface area contributed by atoms with E-state index in [0.717, 1.165) is 16.9 Å². The minimum absolute atomic E-state index is 0.278. The summed E-state index contributed by atoms with van der Waals surface area (Å²) in [6, 6.07) is 7.60. The molecule has 12 heteroatoms. The largest absolute Gasteiger partial charge is 0.497 e. The van der Waals surface area contributed by atoms with Gasteiger partial charge in [0.25, 0.3) is 5.95 Å². The molecule has 1 aliphatic rings. The highest BCUT2D eigenvalue weighted by atomic mass is 16.6. The molecule has 12 nitrogen and oxygen atoms in total. The Morgan fingerprint density at radius 2 is 1.91 bits per heavy atom. The average Bonchev–Trinajstić information content (AvgIpc) is 3.57. The molecule has 1 aliphatic heterocycles. The minimum Gasteiger partial charge on any atom is -0.497 e. The fourth-order valence-corrected chi connectivity index (χ4v) is 3.84. The summed E-state index contributed by atoms with van der Waals surface area (Å²) in [5, 5.41) is 37.4. The Hall–Kier alpha value is -3.58. The van der Waals surface area contributed by atoms with E-state index >= 15 is 0 Å². The van der Waals surface area contributed by atoms with Crippen molar-refractivity contribution in [3.05, 3.63) is 43.0 Å². The molecule has 3 aromatic heterocycles. The van der Waals surface area contributed by atoms with Gasteiger partial charge in [-0.25, -0.2) is 9.67 Å². The smallest absolute Gasteiger partial charge is 0.254 e. The number of nitrogens with zero attached hydrogens (tertiary/aromatic N) is 6. The first-order chi connectivity index (χ1) is 16.0. The van der Waals surface area contributed by atoms with Crippen molar-refractivity contribution >= 4 is 17.0 Å². The van der Waals surface area contributed by atoms with Gasteiger partial charge in [0.05, 0.1) is 26.2 Å². The third-order valence-electron chi connectivity index (χ3n) is 5.65. The normalized spacial score (nSPS) is 22.7. The standard InChI is InChI=1S/C21H23N7O5/c1-22-18-15-19(27(10-23-15)20-17(31)16(30)14(9-29)33-20)26-21(25-18)28-8-12(7-24-28)11-3-5-13(32-2)6-4-11/h3-8,10,14,16-17,20,29-31H,9H2,1-2H3,(H,22,25,26)/t14-,16-,17-,20-/m1/s1. The number of benzene rings is 1. The van der Waals surface area contributed by atoms with E-state index in [4.69, 9.17) is 9.47 Å². The van der Waals surface area contributed by atoms with Gasteiger partial charge in [-0.3, -0.25) is 4.57 Å². The highest BCUT2D eigenvalue weighted by Gasteiger charge is 2.44. The van der Waals surface area contributed by atoms with Crippen molar-refractivity contribution in [1.82, 2.24) is 29.3 Å². The Bertz CT molecular complexity index is 1270. The first-order valence-corrected chi connectivity index (χ1v) is 10.3. The highest BCUT2D eigenvalue weighted by Crippen LogP contribution is 2.32. The lowest BCUT2D eigenvalue weighted by Gasteiger charge is -2.17. The van der Waals surface area contributed by atoms with E-state index in [2.05, 4.69) is 25.4 Å². The molecular weight excluding hydrogens is 430 g/mol. The molecule has 5 rings (SSSR count). The van der Waals surface area contributed by atoms with E-state index in [-0.39, 0.29) is 5.95 Å². The summed E-state index contributed by atoms with van der Waals surface area (Å²) in [6.45, 7) is -0.426.